The summed E-state index contributed by atoms with van der Waals surface area (Å²) in [5.41, 5.74) is 8.21. The zero-order valence-electron chi connectivity index (χ0n) is 24.8. The lowest BCUT2D eigenvalue weighted by Crippen LogP contribution is -1.89. The first-order valence-electron chi connectivity index (χ1n) is 15.3. The van der Waals surface area contributed by atoms with Crippen molar-refractivity contribution in [1.29, 1.82) is 0 Å². The van der Waals surface area contributed by atoms with Crippen LogP contribution >= 0.6 is 0 Å². The van der Waals surface area contributed by atoms with Crippen LogP contribution in [0.25, 0.3) is 99.6 Å². The number of allylic oxidation sites excluding steroid dienone is 1. The number of para-hydroxylation sites is 3. The van der Waals surface area contributed by atoms with Crippen molar-refractivity contribution in [2.45, 2.75) is 6.92 Å². The first kappa shape index (κ1) is 25.6. The van der Waals surface area contributed by atoms with Gasteiger partial charge in [-0.2, -0.15) is 0 Å². The third-order valence-electron chi connectivity index (χ3n) is 9.17. The van der Waals surface area contributed by atoms with Crippen LogP contribution < -0.4 is 0 Å². The third kappa shape index (κ3) is 3.69. The van der Waals surface area contributed by atoms with Crippen LogP contribution in [0, 0.1) is 0 Å². The summed E-state index contributed by atoms with van der Waals surface area (Å²) in [4.78, 5) is 0. The smallest absolute Gasteiger partial charge is 0.143 e. The number of rotatable bonds is 4. The maximum atomic E-state index is 6.54. The number of benzene rings is 7. The standard InChI is InChI=1S/C43H28O2/c1-3-13-40-26(4-2)32-19-11-21-34(42(32)44-40)36-24-38-30-17-8-6-15-28(30)37(25-39(38)29-16-7-5-14-27(29)36)35-22-12-20-33-31-18-9-10-23-41(31)45-43(33)35/h3-25H,2H2,1H3/b13-3-. The zero-order valence-corrected chi connectivity index (χ0v) is 24.8. The van der Waals surface area contributed by atoms with Gasteiger partial charge in [0.25, 0.3) is 0 Å². The molecular formula is C43H28O2. The molecule has 212 valence electrons. The van der Waals surface area contributed by atoms with E-state index in [2.05, 4.69) is 116 Å². The molecule has 0 aliphatic heterocycles. The molecule has 2 aromatic heterocycles. The van der Waals surface area contributed by atoms with Gasteiger partial charge in [0.1, 0.15) is 22.5 Å². The Morgan fingerprint density at radius 1 is 0.467 bits per heavy atom. The van der Waals surface area contributed by atoms with Gasteiger partial charge in [-0.3, -0.25) is 0 Å². The maximum Gasteiger partial charge on any atom is 0.143 e. The molecule has 0 N–H and O–H groups in total. The van der Waals surface area contributed by atoms with E-state index in [9.17, 15) is 0 Å². The summed E-state index contributed by atoms with van der Waals surface area (Å²) >= 11 is 0. The van der Waals surface area contributed by atoms with Gasteiger partial charge in [0.05, 0.1) is 0 Å². The summed E-state index contributed by atoms with van der Waals surface area (Å²) in [5, 5.41) is 10.6. The highest BCUT2D eigenvalue weighted by Crippen LogP contribution is 2.45. The van der Waals surface area contributed by atoms with Crippen molar-refractivity contribution in [2.24, 2.45) is 0 Å². The molecule has 0 fully saturated rings. The Morgan fingerprint density at radius 2 is 0.978 bits per heavy atom. The molecule has 0 atom stereocenters. The Morgan fingerprint density at radius 3 is 1.58 bits per heavy atom. The fourth-order valence-corrected chi connectivity index (χ4v) is 7.21. The highest BCUT2D eigenvalue weighted by molar-refractivity contribution is 6.25. The van der Waals surface area contributed by atoms with Crippen molar-refractivity contribution in [3.63, 3.8) is 0 Å². The van der Waals surface area contributed by atoms with Crippen LogP contribution in [0.3, 0.4) is 0 Å². The lowest BCUT2D eigenvalue weighted by atomic mass is 9.87. The van der Waals surface area contributed by atoms with Crippen molar-refractivity contribution in [2.75, 3.05) is 0 Å². The Hall–Kier alpha value is -5.86. The Bertz CT molecular complexity index is 2680. The number of furan rings is 2. The Labute approximate surface area is 260 Å². The molecule has 0 unspecified atom stereocenters. The lowest BCUT2D eigenvalue weighted by molar-refractivity contribution is 0.604. The summed E-state index contributed by atoms with van der Waals surface area (Å²) in [6.45, 7) is 6.09. The van der Waals surface area contributed by atoms with E-state index in [0.29, 0.717) is 0 Å². The molecule has 2 nitrogen and oxygen atoms in total. The van der Waals surface area contributed by atoms with Crippen LogP contribution in [0.5, 0.6) is 0 Å². The third-order valence-corrected chi connectivity index (χ3v) is 9.17. The molecule has 0 spiro atoms. The molecule has 0 saturated carbocycles. The molecule has 9 rings (SSSR count). The van der Waals surface area contributed by atoms with Crippen LogP contribution in [-0.4, -0.2) is 0 Å². The van der Waals surface area contributed by atoms with Crippen LogP contribution in [0.2, 0.25) is 0 Å². The highest BCUT2D eigenvalue weighted by Gasteiger charge is 2.20. The summed E-state index contributed by atoms with van der Waals surface area (Å²) in [6, 6.07) is 43.3. The number of hydrogen-bond acceptors (Lipinski definition) is 2. The van der Waals surface area contributed by atoms with Crippen LogP contribution in [0.1, 0.15) is 18.2 Å². The normalized spacial score (nSPS) is 12.1. The summed E-state index contributed by atoms with van der Waals surface area (Å²) in [5.74, 6) is 0.829. The van der Waals surface area contributed by atoms with E-state index < -0.39 is 0 Å². The molecule has 2 heteroatoms. The van der Waals surface area contributed by atoms with Gasteiger partial charge in [-0.05, 0) is 74.6 Å². The fraction of sp³-hybridized carbons (Fsp3) is 0.0233. The van der Waals surface area contributed by atoms with Crippen molar-refractivity contribution in [3.8, 4) is 22.3 Å². The molecule has 45 heavy (non-hydrogen) atoms. The minimum Gasteiger partial charge on any atom is -0.455 e. The van der Waals surface area contributed by atoms with E-state index in [0.717, 1.165) is 60.9 Å². The maximum absolute atomic E-state index is 6.54. The van der Waals surface area contributed by atoms with Crippen molar-refractivity contribution in [1.82, 2.24) is 0 Å². The number of hydrogen-bond donors (Lipinski definition) is 0. The van der Waals surface area contributed by atoms with E-state index in [1.165, 1.54) is 37.9 Å². The van der Waals surface area contributed by atoms with E-state index in [-0.39, 0.29) is 0 Å². The molecule has 7 aromatic carbocycles. The molecule has 0 aliphatic carbocycles. The molecule has 9 aromatic rings. The quantitative estimate of drug-likeness (QED) is 0.195. The lowest BCUT2D eigenvalue weighted by Gasteiger charge is -2.16. The molecule has 0 saturated heterocycles. The average Bonchev–Trinajstić information content (AvgIpc) is 3.65. The van der Waals surface area contributed by atoms with Crippen LogP contribution in [-0.2, 0) is 0 Å². The van der Waals surface area contributed by atoms with Crippen LogP contribution in [0.4, 0.5) is 0 Å². The largest absolute Gasteiger partial charge is 0.455 e. The minimum absolute atomic E-state index is 0.829. The second-order valence-corrected chi connectivity index (χ2v) is 11.6. The predicted octanol–water partition coefficient (Wildman–Crippen LogP) is 12.8. The van der Waals surface area contributed by atoms with Gasteiger partial charge in [-0.15, -0.1) is 0 Å². The topological polar surface area (TPSA) is 26.3 Å². The van der Waals surface area contributed by atoms with Crippen molar-refractivity contribution in [3.05, 3.63) is 145 Å². The van der Waals surface area contributed by atoms with Gasteiger partial charge in [-0.25, -0.2) is 0 Å². The van der Waals surface area contributed by atoms with Crippen molar-refractivity contribution >= 4 is 77.4 Å². The van der Waals surface area contributed by atoms with E-state index in [4.69, 9.17) is 8.83 Å². The number of fused-ring (bicyclic) bond motifs is 9. The van der Waals surface area contributed by atoms with Gasteiger partial charge in [0.2, 0.25) is 0 Å². The Balaban J connectivity index is 1.40. The van der Waals surface area contributed by atoms with E-state index in [1.807, 2.05) is 37.3 Å². The molecular weight excluding hydrogens is 548 g/mol. The molecule has 0 amide bonds. The minimum atomic E-state index is 0.829. The average molecular weight is 577 g/mol. The molecule has 0 bridgehead atoms. The summed E-state index contributed by atoms with van der Waals surface area (Å²) < 4.78 is 13.1. The second kappa shape index (κ2) is 9.83. The van der Waals surface area contributed by atoms with E-state index >= 15 is 0 Å². The van der Waals surface area contributed by atoms with Gasteiger partial charge < -0.3 is 8.83 Å². The molecule has 0 aliphatic rings. The monoisotopic (exact) mass is 576 g/mol. The van der Waals surface area contributed by atoms with Gasteiger partial charge in [-0.1, -0.05) is 122 Å². The molecule has 2 heterocycles. The predicted molar refractivity (Wildman–Crippen MR) is 192 cm³/mol. The van der Waals surface area contributed by atoms with Crippen molar-refractivity contribution < 1.29 is 8.83 Å². The van der Waals surface area contributed by atoms with E-state index in [1.54, 1.807) is 0 Å². The molecule has 0 radical (unpaired) electrons. The first-order valence-corrected chi connectivity index (χ1v) is 15.3. The summed E-state index contributed by atoms with van der Waals surface area (Å²) in [7, 11) is 0. The van der Waals surface area contributed by atoms with Gasteiger partial charge in [0, 0.05) is 32.8 Å². The zero-order chi connectivity index (χ0) is 30.1. The van der Waals surface area contributed by atoms with Gasteiger partial charge >= 0.3 is 0 Å². The Kier molecular flexibility index (Phi) is 5.60. The first-order chi connectivity index (χ1) is 22.2. The second-order valence-electron chi connectivity index (χ2n) is 11.6. The van der Waals surface area contributed by atoms with Gasteiger partial charge in [0.15, 0.2) is 0 Å². The SMILES string of the molecule is C=Cc1c(/C=C\C)oc2c(-c3cc4c5ccccc5c(-c5cccc6c5oc5ccccc56)cc4c4ccccc34)cccc12. The highest BCUT2D eigenvalue weighted by atomic mass is 16.3. The fourth-order valence-electron chi connectivity index (χ4n) is 7.21. The summed E-state index contributed by atoms with van der Waals surface area (Å²) in [6.07, 6.45) is 5.91. The van der Waals surface area contributed by atoms with Crippen LogP contribution in [0.15, 0.2) is 143 Å².